The fourth-order valence-corrected chi connectivity index (χ4v) is 1.35. The summed E-state index contributed by atoms with van der Waals surface area (Å²) in [5.41, 5.74) is 3.30. The van der Waals surface area contributed by atoms with Gasteiger partial charge in [-0.1, -0.05) is 0 Å². The second kappa shape index (κ2) is 3.54. The van der Waals surface area contributed by atoms with E-state index < -0.39 is 0 Å². The number of hydrogen-bond donors (Lipinski definition) is 2. The molecule has 0 unspecified atom stereocenters. The van der Waals surface area contributed by atoms with Gasteiger partial charge in [-0.15, -0.1) is 0 Å². The molecular formula is C11H13N3. The third-order valence-electron chi connectivity index (χ3n) is 2.15. The Morgan fingerprint density at radius 2 is 1.93 bits per heavy atom. The zero-order chi connectivity index (χ0) is 9.97. The molecule has 0 saturated carbocycles. The zero-order valence-electron chi connectivity index (χ0n) is 8.33. The van der Waals surface area contributed by atoms with Gasteiger partial charge in [-0.2, -0.15) is 0 Å². The van der Waals surface area contributed by atoms with Crippen LogP contribution in [0, 0.1) is 6.92 Å². The highest BCUT2D eigenvalue weighted by Crippen LogP contribution is 2.17. The highest BCUT2D eigenvalue weighted by Gasteiger charge is 2.00. The predicted octanol–water partition coefficient (Wildman–Crippen LogP) is 2.43. The van der Waals surface area contributed by atoms with E-state index in [4.69, 9.17) is 0 Å². The van der Waals surface area contributed by atoms with Gasteiger partial charge in [0.1, 0.15) is 5.82 Å². The first-order valence-corrected chi connectivity index (χ1v) is 4.59. The van der Waals surface area contributed by atoms with Gasteiger partial charge >= 0.3 is 0 Å². The lowest BCUT2D eigenvalue weighted by atomic mass is 10.2. The average Bonchev–Trinajstić information content (AvgIpc) is 2.65. The predicted molar refractivity (Wildman–Crippen MR) is 58.3 cm³/mol. The maximum absolute atomic E-state index is 4.27. The van der Waals surface area contributed by atoms with Crippen LogP contribution in [0.1, 0.15) is 5.69 Å². The molecule has 0 aliphatic carbocycles. The Hall–Kier alpha value is -1.77. The van der Waals surface area contributed by atoms with Crippen molar-refractivity contribution in [2.45, 2.75) is 6.92 Å². The maximum atomic E-state index is 4.27. The first-order chi connectivity index (χ1) is 6.79. The van der Waals surface area contributed by atoms with Crippen molar-refractivity contribution in [1.29, 1.82) is 0 Å². The molecule has 0 spiro atoms. The van der Waals surface area contributed by atoms with Crippen molar-refractivity contribution in [3.63, 3.8) is 0 Å². The van der Waals surface area contributed by atoms with E-state index in [0.717, 1.165) is 22.8 Å². The topological polar surface area (TPSA) is 40.7 Å². The van der Waals surface area contributed by atoms with Crippen molar-refractivity contribution in [1.82, 2.24) is 9.97 Å². The fourth-order valence-electron chi connectivity index (χ4n) is 1.35. The smallest absolute Gasteiger partial charge is 0.137 e. The van der Waals surface area contributed by atoms with Crippen LogP contribution >= 0.6 is 0 Å². The van der Waals surface area contributed by atoms with Gasteiger partial charge in [0.05, 0.1) is 0 Å². The summed E-state index contributed by atoms with van der Waals surface area (Å²) in [5, 5.41) is 3.08. The third kappa shape index (κ3) is 1.62. The first kappa shape index (κ1) is 8.81. The molecule has 2 aromatic rings. The van der Waals surface area contributed by atoms with E-state index in [-0.39, 0.29) is 0 Å². The Bertz CT molecular complexity index is 414. The molecule has 0 atom stereocenters. The van der Waals surface area contributed by atoms with Crippen molar-refractivity contribution < 1.29 is 0 Å². The average molecular weight is 187 g/mol. The lowest BCUT2D eigenvalue weighted by Gasteiger charge is -2.00. The van der Waals surface area contributed by atoms with Gasteiger partial charge in [-0.3, -0.25) is 0 Å². The van der Waals surface area contributed by atoms with Gasteiger partial charge in [0.2, 0.25) is 0 Å². The largest absolute Gasteiger partial charge is 0.388 e. The van der Waals surface area contributed by atoms with Crippen LogP contribution in [0.4, 0.5) is 5.69 Å². The second-order valence-corrected chi connectivity index (χ2v) is 3.24. The minimum atomic E-state index is 0.921. The van der Waals surface area contributed by atoms with Gasteiger partial charge in [0.15, 0.2) is 0 Å². The third-order valence-corrected chi connectivity index (χ3v) is 2.15. The van der Waals surface area contributed by atoms with Gasteiger partial charge in [-0.25, -0.2) is 4.98 Å². The van der Waals surface area contributed by atoms with E-state index >= 15 is 0 Å². The second-order valence-electron chi connectivity index (χ2n) is 3.24. The summed E-state index contributed by atoms with van der Waals surface area (Å²) in [5.74, 6) is 0.921. The molecule has 3 nitrogen and oxygen atoms in total. The molecule has 0 amide bonds. The zero-order valence-corrected chi connectivity index (χ0v) is 8.33. The van der Waals surface area contributed by atoms with Crippen molar-refractivity contribution >= 4 is 5.69 Å². The molecule has 2 N–H and O–H groups in total. The lowest BCUT2D eigenvalue weighted by molar-refractivity contribution is 1.25. The summed E-state index contributed by atoms with van der Waals surface area (Å²) in [6, 6.07) is 8.16. The van der Waals surface area contributed by atoms with Crippen LogP contribution in [0.25, 0.3) is 11.4 Å². The van der Waals surface area contributed by atoms with Gasteiger partial charge in [0.25, 0.3) is 0 Å². The van der Waals surface area contributed by atoms with E-state index in [2.05, 4.69) is 15.3 Å². The van der Waals surface area contributed by atoms with Crippen LogP contribution in [0.5, 0.6) is 0 Å². The number of aryl methyl sites for hydroxylation is 1. The number of aromatic amines is 1. The number of nitrogens with zero attached hydrogens (tertiary/aromatic N) is 1. The molecular weight excluding hydrogens is 174 g/mol. The molecule has 1 aromatic heterocycles. The molecule has 0 fully saturated rings. The summed E-state index contributed by atoms with van der Waals surface area (Å²) >= 11 is 0. The van der Waals surface area contributed by atoms with E-state index in [9.17, 15) is 0 Å². The molecule has 72 valence electrons. The highest BCUT2D eigenvalue weighted by atomic mass is 14.9. The number of rotatable bonds is 2. The van der Waals surface area contributed by atoms with Crippen LogP contribution in [-0.4, -0.2) is 17.0 Å². The summed E-state index contributed by atoms with van der Waals surface area (Å²) < 4.78 is 0. The van der Waals surface area contributed by atoms with Gasteiger partial charge < -0.3 is 10.3 Å². The van der Waals surface area contributed by atoms with E-state index in [0.29, 0.717) is 0 Å². The Morgan fingerprint density at radius 1 is 1.21 bits per heavy atom. The van der Waals surface area contributed by atoms with E-state index in [1.54, 1.807) is 0 Å². The molecule has 0 saturated heterocycles. The fraction of sp³-hybridized carbons (Fsp3) is 0.182. The van der Waals surface area contributed by atoms with E-state index in [1.165, 1.54) is 0 Å². The minimum absolute atomic E-state index is 0.921. The molecule has 0 aliphatic heterocycles. The molecule has 1 heterocycles. The summed E-state index contributed by atoms with van der Waals surface area (Å²) in [7, 11) is 1.91. The van der Waals surface area contributed by atoms with Crippen molar-refractivity contribution in [2.24, 2.45) is 0 Å². The Morgan fingerprint density at radius 3 is 2.43 bits per heavy atom. The van der Waals surface area contributed by atoms with Crippen LogP contribution in [0.2, 0.25) is 0 Å². The SMILES string of the molecule is CNc1ccc(-c2ncc(C)[nH]2)cc1. The summed E-state index contributed by atoms with van der Waals surface area (Å²) in [6.07, 6.45) is 1.83. The Labute approximate surface area is 83.2 Å². The Kier molecular flexibility index (Phi) is 2.23. The van der Waals surface area contributed by atoms with Crippen molar-refractivity contribution in [3.8, 4) is 11.4 Å². The van der Waals surface area contributed by atoms with Crippen LogP contribution in [-0.2, 0) is 0 Å². The van der Waals surface area contributed by atoms with Crippen LogP contribution < -0.4 is 5.32 Å². The molecule has 1 aromatic carbocycles. The van der Waals surface area contributed by atoms with Crippen molar-refractivity contribution in [3.05, 3.63) is 36.2 Å². The minimum Gasteiger partial charge on any atom is -0.388 e. The first-order valence-electron chi connectivity index (χ1n) is 4.59. The number of nitrogens with one attached hydrogen (secondary N) is 2. The highest BCUT2D eigenvalue weighted by molar-refractivity contribution is 5.59. The molecule has 0 aliphatic rings. The van der Waals surface area contributed by atoms with Crippen LogP contribution in [0.15, 0.2) is 30.5 Å². The van der Waals surface area contributed by atoms with Gasteiger partial charge in [-0.05, 0) is 31.2 Å². The maximum Gasteiger partial charge on any atom is 0.137 e. The molecule has 2 rings (SSSR count). The number of aromatic nitrogens is 2. The van der Waals surface area contributed by atoms with Crippen LogP contribution in [0.3, 0.4) is 0 Å². The molecule has 0 radical (unpaired) electrons. The number of benzene rings is 1. The standard InChI is InChI=1S/C11H13N3/c1-8-7-13-11(14-8)9-3-5-10(12-2)6-4-9/h3-7,12H,1-2H3,(H,13,14). The number of imidazole rings is 1. The summed E-state index contributed by atoms with van der Waals surface area (Å²) in [4.78, 5) is 7.46. The normalized spacial score (nSPS) is 10.1. The number of hydrogen-bond acceptors (Lipinski definition) is 2. The van der Waals surface area contributed by atoms with Gasteiger partial charge in [0, 0.05) is 30.2 Å². The Balaban J connectivity index is 2.33. The monoisotopic (exact) mass is 187 g/mol. The molecule has 0 bridgehead atoms. The number of anilines is 1. The quantitative estimate of drug-likeness (QED) is 0.758. The van der Waals surface area contributed by atoms with E-state index in [1.807, 2.05) is 44.4 Å². The molecule has 3 heteroatoms. The lowest BCUT2D eigenvalue weighted by Crippen LogP contribution is -1.87. The summed E-state index contributed by atoms with van der Waals surface area (Å²) in [6.45, 7) is 2.00. The molecule has 14 heavy (non-hydrogen) atoms. The number of H-pyrrole nitrogens is 1. The van der Waals surface area contributed by atoms with Crippen molar-refractivity contribution in [2.75, 3.05) is 12.4 Å².